The highest BCUT2D eigenvalue weighted by Crippen LogP contribution is 2.34. The zero-order valence-corrected chi connectivity index (χ0v) is 23.6. The molecule has 0 saturated carbocycles. The second kappa shape index (κ2) is 11.4. The van der Waals surface area contributed by atoms with Gasteiger partial charge in [0, 0.05) is 28.6 Å². The van der Waals surface area contributed by atoms with E-state index in [1.165, 1.54) is 11.3 Å². The minimum Gasteiger partial charge on any atom is -0.460 e. The van der Waals surface area contributed by atoms with Crippen molar-refractivity contribution >= 4 is 28.3 Å². The maximum absolute atomic E-state index is 13.1. The van der Waals surface area contributed by atoms with Gasteiger partial charge in [-0.2, -0.15) is 10.4 Å². The van der Waals surface area contributed by atoms with Crippen molar-refractivity contribution in [2.24, 2.45) is 5.92 Å². The SMILES string of the molecule is CC(C)(C)OC(=O)C[C@H]1CCc2nc(NC(=O)c3cccc(Cn4cc(-c5ccc(C#N)cc5)cn4)c3)sc2C1. The number of hydrogen-bond acceptors (Lipinski definition) is 7. The molecule has 1 aliphatic rings. The number of rotatable bonds is 7. The standard InChI is InChI=1S/C31H31N5O3S/c1-31(2,3)39-28(37)15-21-9-12-26-27(14-21)40-30(34-26)35-29(38)24-6-4-5-22(13-24)18-36-19-25(17-33-36)23-10-7-20(16-32)8-11-23/h4-8,10-11,13,17,19,21H,9,12,14-15,18H2,1-3H3,(H,34,35,38)/t21-/m0/s1. The first-order valence-corrected chi connectivity index (χ1v) is 14.1. The lowest BCUT2D eigenvalue weighted by Gasteiger charge is -2.24. The van der Waals surface area contributed by atoms with Crippen LogP contribution in [0, 0.1) is 17.2 Å². The molecule has 0 unspecified atom stereocenters. The summed E-state index contributed by atoms with van der Waals surface area (Å²) in [6.45, 7) is 6.15. The van der Waals surface area contributed by atoms with Crippen LogP contribution in [0.1, 0.15) is 65.7 Å². The summed E-state index contributed by atoms with van der Waals surface area (Å²) < 4.78 is 7.31. The first-order chi connectivity index (χ1) is 19.1. The molecule has 1 amide bonds. The fourth-order valence-electron chi connectivity index (χ4n) is 4.79. The molecule has 4 aromatic rings. The van der Waals surface area contributed by atoms with Crippen LogP contribution in [0.4, 0.5) is 5.13 Å². The van der Waals surface area contributed by atoms with Gasteiger partial charge in [0.2, 0.25) is 0 Å². The lowest BCUT2D eigenvalue weighted by atomic mass is 9.88. The van der Waals surface area contributed by atoms with Crippen molar-refractivity contribution in [1.82, 2.24) is 14.8 Å². The number of hydrogen-bond donors (Lipinski definition) is 1. The zero-order chi connectivity index (χ0) is 28.3. The lowest BCUT2D eigenvalue weighted by molar-refractivity contribution is -0.156. The normalized spacial score (nSPS) is 14.7. The molecule has 204 valence electrons. The molecular weight excluding hydrogens is 522 g/mol. The number of esters is 1. The van der Waals surface area contributed by atoms with Crippen LogP contribution in [0.25, 0.3) is 11.1 Å². The number of benzene rings is 2. The van der Waals surface area contributed by atoms with Gasteiger partial charge in [0.15, 0.2) is 5.13 Å². The van der Waals surface area contributed by atoms with Gasteiger partial charge in [-0.25, -0.2) is 4.98 Å². The average molecular weight is 554 g/mol. The first kappa shape index (κ1) is 27.3. The van der Waals surface area contributed by atoms with Crippen LogP contribution in [0.2, 0.25) is 0 Å². The van der Waals surface area contributed by atoms with Crippen molar-refractivity contribution in [1.29, 1.82) is 5.26 Å². The Kier molecular flexibility index (Phi) is 7.81. The number of nitrogens with zero attached hydrogens (tertiary/aromatic N) is 4. The van der Waals surface area contributed by atoms with E-state index in [2.05, 4.69) is 21.5 Å². The summed E-state index contributed by atoms with van der Waals surface area (Å²) in [4.78, 5) is 31.1. The third kappa shape index (κ3) is 6.82. The molecule has 8 nitrogen and oxygen atoms in total. The second-order valence-corrected chi connectivity index (χ2v) is 12.1. The summed E-state index contributed by atoms with van der Waals surface area (Å²) in [5.41, 5.74) is 4.58. The van der Waals surface area contributed by atoms with E-state index in [1.807, 2.05) is 62.0 Å². The average Bonchev–Trinajstić information content (AvgIpc) is 3.54. The molecule has 2 heterocycles. The quantitative estimate of drug-likeness (QED) is 0.281. The third-order valence-corrected chi connectivity index (χ3v) is 7.69. The molecule has 0 bridgehead atoms. The van der Waals surface area contributed by atoms with Gasteiger partial charge in [0.1, 0.15) is 5.60 Å². The lowest BCUT2D eigenvalue weighted by Crippen LogP contribution is -2.26. The van der Waals surface area contributed by atoms with Gasteiger partial charge in [-0.15, -0.1) is 11.3 Å². The van der Waals surface area contributed by atoms with Gasteiger partial charge in [-0.3, -0.25) is 19.6 Å². The number of fused-ring (bicyclic) bond motifs is 1. The number of aromatic nitrogens is 3. The Morgan fingerprint density at radius 1 is 1.18 bits per heavy atom. The van der Waals surface area contributed by atoms with Crippen LogP contribution in [-0.2, 0) is 28.9 Å². The van der Waals surface area contributed by atoms with Gasteiger partial charge >= 0.3 is 5.97 Å². The Morgan fingerprint density at radius 2 is 1.98 bits per heavy atom. The summed E-state index contributed by atoms with van der Waals surface area (Å²) in [5.74, 6) is -0.154. The largest absolute Gasteiger partial charge is 0.460 e. The van der Waals surface area contributed by atoms with Gasteiger partial charge in [0.25, 0.3) is 5.91 Å². The van der Waals surface area contributed by atoms with Gasteiger partial charge in [-0.05, 0) is 81.3 Å². The summed E-state index contributed by atoms with van der Waals surface area (Å²) in [6, 6.07) is 17.0. The van der Waals surface area contributed by atoms with Crippen molar-refractivity contribution in [3.8, 4) is 17.2 Å². The number of aryl methyl sites for hydroxylation is 1. The minimum atomic E-state index is -0.482. The predicted molar refractivity (Wildman–Crippen MR) is 154 cm³/mol. The van der Waals surface area contributed by atoms with E-state index in [1.54, 1.807) is 24.4 Å². The summed E-state index contributed by atoms with van der Waals surface area (Å²) >= 11 is 1.48. The fourth-order valence-corrected chi connectivity index (χ4v) is 5.91. The van der Waals surface area contributed by atoms with E-state index in [4.69, 9.17) is 10.00 Å². The van der Waals surface area contributed by atoms with E-state index >= 15 is 0 Å². The molecule has 0 aliphatic heterocycles. The molecule has 1 atom stereocenters. The molecule has 0 saturated heterocycles. The number of amides is 1. The fraction of sp³-hybridized carbons (Fsp3) is 0.323. The third-order valence-electron chi connectivity index (χ3n) is 6.65. The van der Waals surface area contributed by atoms with E-state index in [-0.39, 0.29) is 17.8 Å². The van der Waals surface area contributed by atoms with E-state index in [9.17, 15) is 9.59 Å². The van der Waals surface area contributed by atoms with Crippen molar-refractivity contribution in [3.63, 3.8) is 0 Å². The number of carbonyl (C=O) groups is 2. The van der Waals surface area contributed by atoms with Crippen molar-refractivity contribution in [2.75, 3.05) is 5.32 Å². The number of ether oxygens (including phenoxy) is 1. The topological polar surface area (TPSA) is 110 Å². The van der Waals surface area contributed by atoms with Gasteiger partial charge in [0.05, 0.1) is 30.1 Å². The first-order valence-electron chi connectivity index (χ1n) is 13.3. The molecule has 9 heteroatoms. The molecule has 5 rings (SSSR count). The maximum Gasteiger partial charge on any atom is 0.306 e. The van der Waals surface area contributed by atoms with Gasteiger partial charge in [-0.1, -0.05) is 24.3 Å². The Balaban J connectivity index is 1.20. The summed E-state index contributed by atoms with van der Waals surface area (Å²) in [6.07, 6.45) is 6.58. The van der Waals surface area contributed by atoms with Crippen molar-refractivity contribution in [3.05, 3.63) is 88.2 Å². The van der Waals surface area contributed by atoms with Crippen molar-refractivity contribution in [2.45, 2.75) is 58.6 Å². The Bertz CT molecular complexity index is 1570. The van der Waals surface area contributed by atoms with E-state index in [0.717, 1.165) is 46.5 Å². The van der Waals surface area contributed by atoms with E-state index in [0.29, 0.717) is 29.2 Å². The van der Waals surface area contributed by atoms with E-state index < -0.39 is 5.60 Å². The molecule has 0 radical (unpaired) electrons. The minimum absolute atomic E-state index is 0.167. The van der Waals surface area contributed by atoms with Gasteiger partial charge < -0.3 is 4.74 Å². The van der Waals surface area contributed by atoms with Crippen LogP contribution < -0.4 is 5.32 Å². The maximum atomic E-state index is 13.1. The number of anilines is 1. The summed E-state index contributed by atoms with van der Waals surface area (Å²) in [5, 5.41) is 17.0. The molecule has 2 aromatic heterocycles. The Morgan fingerprint density at radius 3 is 2.73 bits per heavy atom. The molecule has 1 aliphatic carbocycles. The van der Waals surface area contributed by atoms with Crippen LogP contribution in [0.15, 0.2) is 60.9 Å². The highest BCUT2D eigenvalue weighted by Gasteiger charge is 2.27. The van der Waals surface area contributed by atoms with Crippen LogP contribution in [0.3, 0.4) is 0 Å². The van der Waals surface area contributed by atoms with Crippen LogP contribution in [-0.4, -0.2) is 32.2 Å². The number of nitriles is 1. The molecule has 1 N–H and O–H groups in total. The molecule has 2 aromatic carbocycles. The second-order valence-electron chi connectivity index (χ2n) is 11.1. The molecule has 0 fully saturated rings. The monoisotopic (exact) mass is 553 g/mol. The Labute approximate surface area is 237 Å². The molecule has 0 spiro atoms. The summed E-state index contributed by atoms with van der Waals surface area (Å²) in [7, 11) is 0. The van der Waals surface area contributed by atoms with Crippen LogP contribution >= 0.6 is 11.3 Å². The highest BCUT2D eigenvalue weighted by atomic mass is 32.1. The zero-order valence-electron chi connectivity index (χ0n) is 22.8. The number of carbonyl (C=O) groups excluding carboxylic acids is 2. The molecular formula is C31H31N5O3S. The number of thiazole rings is 1. The number of nitrogens with one attached hydrogen (secondary N) is 1. The smallest absolute Gasteiger partial charge is 0.306 e. The highest BCUT2D eigenvalue weighted by molar-refractivity contribution is 7.15. The van der Waals surface area contributed by atoms with Crippen molar-refractivity contribution < 1.29 is 14.3 Å². The predicted octanol–water partition coefficient (Wildman–Crippen LogP) is 6.02. The molecule has 40 heavy (non-hydrogen) atoms. The van der Waals surface area contributed by atoms with Crippen LogP contribution in [0.5, 0.6) is 0 Å². The Hall–Kier alpha value is -4.29.